The van der Waals surface area contributed by atoms with Gasteiger partial charge in [-0.15, -0.1) is 0 Å². The van der Waals surface area contributed by atoms with Gasteiger partial charge >= 0.3 is 0 Å². The maximum absolute atomic E-state index is 10.2. The minimum Gasteiger partial charge on any atom is -0.504 e. The van der Waals surface area contributed by atoms with Crippen molar-refractivity contribution in [3.8, 4) is 0 Å². The molecule has 1 aliphatic rings. The van der Waals surface area contributed by atoms with Crippen molar-refractivity contribution in [1.82, 2.24) is 0 Å². The fourth-order valence-corrected chi connectivity index (χ4v) is 0.518. The second-order valence-electron chi connectivity index (χ2n) is 1.55. The summed E-state index contributed by atoms with van der Waals surface area (Å²) in [7, 11) is 0. The monoisotopic (exact) mass is 112 g/mol. The summed E-state index contributed by atoms with van der Waals surface area (Å²) in [5, 5.41) is 8.46. The summed E-state index contributed by atoms with van der Waals surface area (Å²) in [6.07, 6.45) is 1.27. The highest BCUT2D eigenvalue weighted by Crippen LogP contribution is 2.05. The quantitative estimate of drug-likeness (QED) is 0.448. The second-order valence-corrected chi connectivity index (χ2v) is 1.55. The molecule has 0 bridgehead atoms. The van der Waals surface area contributed by atoms with Crippen molar-refractivity contribution < 1.29 is 14.7 Å². The summed E-state index contributed by atoms with van der Waals surface area (Å²) in [6.45, 7) is 0. The zero-order chi connectivity index (χ0) is 6.15. The highest BCUT2D eigenvalue weighted by Gasteiger charge is 2.22. The second kappa shape index (κ2) is 1.43. The van der Waals surface area contributed by atoms with Gasteiger partial charge in [0.1, 0.15) is 0 Å². The first-order valence-corrected chi connectivity index (χ1v) is 2.18. The highest BCUT2D eigenvalue weighted by atomic mass is 16.3. The summed E-state index contributed by atoms with van der Waals surface area (Å²) < 4.78 is 0. The van der Waals surface area contributed by atoms with Gasteiger partial charge in [0.2, 0.25) is 5.78 Å². The first-order chi connectivity index (χ1) is 3.72. The van der Waals surface area contributed by atoms with Crippen LogP contribution in [-0.4, -0.2) is 16.7 Å². The molecule has 0 fully saturated rings. The van der Waals surface area contributed by atoms with Gasteiger partial charge in [0.25, 0.3) is 5.78 Å². The molecule has 0 heterocycles. The van der Waals surface area contributed by atoms with Gasteiger partial charge in [0.05, 0.1) is 0 Å². The average molecular weight is 112 g/mol. The average Bonchev–Trinajstić information content (AvgIpc) is 1.98. The zero-order valence-corrected chi connectivity index (χ0v) is 4.05. The van der Waals surface area contributed by atoms with Crippen molar-refractivity contribution in [2.24, 2.45) is 0 Å². The summed E-state index contributed by atoms with van der Waals surface area (Å²) >= 11 is 0. The number of ketones is 2. The van der Waals surface area contributed by atoms with Crippen molar-refractivity contribution in [3.05, 3.63) is 11.8 Å². The number of hydrogen-bond acceptors (Lipinski definition) is 3. The van der Waals surface area contributed by atoms with E-state index in [9.17, 15) is 9.59 Å². The molecule has 0 spiro atoms. The van der Waals surface area contributed by atoms with E-state index in [1.54, 1.807) is 0 Å². The van der Waals surface area contributed by atoms with E-state index in [1.807, 2.05) is 0 Å². The van der Waals surface area contributed by atoms with Crippen LogP contribution in [0.25, 0.3) is 0 Å². The number of carbonyl (C=O) groups is 2. The summed E-state index contributed by atoms with van der Waals surface area (Å²) in [4.78, 5) is 20.5. The van der Waals surface area contributed by atoms with Crippen LogP contribution >= 0.6 is 0 Å². The fraction of sp³-hybridized carbons (Fsp3) is 0.200. The first kappa shape index (κ1) is 5.03. The standard InChI is InChI=1S/C5H4O3/c6-3-1-2-4(7)5(3)8/h1,6H,2H2. The Kier molecular flexibility index (Phi) is 0.901. The number of carbonyl (C=O) groups excluding carboxylic acids is 2. The Morgan fingerprint density at radius 1 is 1.50 bits per heavy atom. The number of aliphatic hydroxyl groups excluding tert-OH is 1. The molecule has 0 radical (unpaired) electrons. The fourth-order valence-electron chi connectivity index (χ4n) is 0.518. The molecule has 8 heavy (non-hydrogen) atoms. The molecule has 3 nitrogen and oxygen atoms in total. The van der Waals surface area contributed by atoms with Gasteiger partial charge in [-0.1, -0.05) is 0 Å². The minimum absolute atomic E-state index is 0.0602. The Hall–Kier alpha value is -1.12. The smallest absolute Gasteiger partial charge is 0.262 e. The van der Waals surface area contributed by atoms with E-state index < -0.39 is 17.3 Å². The van der Waals surface area contributed by atoms with Gasteiger partial charge in [0, 0.05) is 6.42 Å². The van der Waals surface area contributed by atoms with E-state index in [-0.39, 0.29) is 6.42 Å². The third kappa shape index (κ3) is 0.521. The van der Waals surface area contributed by atoms with E-state index in [0.29, 0.717) is 0 Å². The van der Waals surface area contributed by atoms with Gasteiger partial charge in [-0.2, -0.15) is 0 Å². The lowest BCUT2D eigenvalue weighted by Gasteiger charge is -1.80. The molecule has 0 aromatic rings. The summed E-state index contributed by atoms with van der Waals surface area (Å²) in [5.41, 5.74) is 0. The van der Waals surface area contributed by atoms with Gasteiger partial charge in [-0.3, -0.25) is 9.59 Å². The van der Waals surface area contributed by atoms with Crippen molar-refractivity contribution in [3.63, 3.8) is 0 Å². The molecule has 42 valence electrons. The van der Waals surface area contributed by atoms with E-state index >= 15 is 0 Å². The van der Waals surface area contributed by atoms with Crippen molar-refractivity contribution in [1.29, 1.82) is 0 Å². The maximum atomic E-state index is 10.2. The van der Waals surface area contributed by atoms with E-state index in [1.165, 1.54) is 6.08 Å². The first-order valence-electron chi connectivity index (χ1n) is 2.18. The van der Waals surface area contributed by atoms with E-state index in [0.717, 1.165) is 0 Å². The molecule has 0 unspecified atom stereocenters. The predicted octanol–water partition coefficient (Wildman–Crippen LogP) is -0.0298. The van der Waals surface area contributed by atoms with Crippen molar-refractivity contribution in [2.45, 2.75) is 6.42 Å². The largest absolute Gasteiger partial charge is 0.504 e. The minimum atomic E-state index is -0.759. The molecule has 0 aliphatic heterocycles. The van der Waals surface area contributed by atoms with Crippen LogP contribution in [0.5, 0.6) is 0 Å². The molecule has 0 aromatic carbocycles. The van der Waals surface area contributed by atoms with Crippen LogP contribution in [0, 0.1) is 0 Å². The third-order valence-electron chi connectivity index (χ3n) is 0.967. The molecule has 1 N–H and O–H groups in total. The van der Waals surface area contributed by atoms with Gasteiger partial charge < -0.3 is 5.11 Å². The van der Waals surface area contributed by atoms with Crippen LogP contribution in [0.1, 0.15) is 6.42 Å². The lowest BCUT2D eigenvalue weighted by atomic mass is 10.3. The number of allylic oxidation sites excluding steroid dienone is 2. The lowest BCUT2D eigenvalue weighted by Crippen LogP contribution is -2.07. The van der Waals surface area contributed by atoms with Gasteiger partial charge in [0.15, 0.2) is 5.76 Å². The molecular weight excluding hydrogens is 108 g/mol. The Bertz CT molecular complexity index is 178. The molecule has 0 saturated carbocycles. The predicted molar refractivity (Wildman–Crippen MR) is 25.3 cm³/mol. The van der Waals surface area contributed by atoms with E-state index in [4.69, 9.17) is 5.11 Å². The van der Waals surface area contributed by atoms with Crippen molar-refractivity contribution in [2.75, 3.05) is 0 Å². The van der Waals surface area contributed by atoms with Crippen LogP contribution in [0.4, 0.5) is 0 Å². The topological polar surface area (TPSA) is 54.4 Å². The Morgan fingerprint density at radius 2 is 2.12 bits per heavy atom. The lowest BCUT2D eigenvalue weighted by molar-refractivity contribution is -0.134. The van der Waals surface area contributed by atoms with Crippen LogP contribution in [0.3, 0.4) is 0 Å². The molecule has 0 saturated heterocycles. The summed E-state index contributed by atoms with van der Waals surface area (Å²) in [6, 6.07) is 0. The Balaban J connectivity index is 2.89. The number of Topliss-reactive ketones (excluding diaryl/α,β-unsaturated/α-hetero) is 2. The van der Waals surface area contributed by atoms with Crippen LogP contribution in [0.15, 0.2) is 11.8 Å². The molecule has 0 amide bonds. The number of aliphatic hydroxyl groups is 1. The summed E-state index contributed by atoms with van der Waals surface area (Å²) in [5.74, 6) is -1.69. The van der Waals surface area contributed by atoms with Gasteiger partial charge in [-0.05, 0) is 6.08 Å². The zero-order valence-electron chi connectivity index (χ0n) is 4.05. The van der Waals surface area contributed by atoms with Gasteiger partial charge in [-0.25, -0.2) is 0 Å². The molecule has 1 rings (SSSR count). The molecule has 3 heteroatoms. The van der Waals surface area contributed by atoms with Crippen LogP contribution in [0.2, 0.25) is 0 Å². The molecule has 0 aromatic heterocycles. The SMILES string of the molecule is O=C1CC=C(O)C1=O. The Labute approximate surface area is 45.6 Å². The molecular formula is C5H4O3. The molecule has 0 atom stereocenters. The molecule has 1 aliphatic carbocycles. The number of hydrogen-bond donors (Lipinski definition) is 1. The maximum Gasteiger partial charge on any atom is 0.262 e. The third-order valence-corrected chi connectivity index (χ3v) is 0.967. The number of rotatable bonds is 0. The highest BCUT2D eigenvalue weighted by molar-refractivity contribution is 6.45. The van der Waals surface area contributed by atoms with Crippen LogP contribution in [-0.2, 0) is 9.59 Å². The van der Waals surface area contributed by atoms with E-state index in [2.05, 4.69) is 0 Å². The Morgan fingerprint density at radius 3 is 2.25 bits per heavy atom. The van der Waals surface area contributed by atoms with Crippen molar-refractivity contribution >= 4 is 11.6 Å². The normalized spacial score (nSPS) is 19.2. The van der Waals surface area contributed by atoms with Crippen LogP contribution < -0.4 is 0 Å².